The zero-order valence-corrected chi connectivity index (χ0v) is 11.1. The lowest BCUT2D eigenvalue weighted by molar-refractivity contribution is -0.122. The standard InChI is InChI=1S/C13H22N4O/c1-3-5-15-13(18)11-16-6-8-17(9-7-16)12(4-2)10-14/h3,12H,1,4-9,11H2,2H3,(H,15,18). The first-order valence-corrected chi connectivity index (χ1v) is 6.44. The number of carbonyl (C=O) groups excluding carboxylic acids is 1. The van der Waals surface area contributed by atoms with Crippen LogP contribution in [-0.4, -0.2) is 61.0 Å². The van der Waals surface area contributed by atoms with E-state index in [4.69, 9.17) is 5.26 Å². The first kappa shape index (κ1) is 14.7. The molecule has 1 saturated heterocycles. The van der Waals surface area contributed by atoms with Gasteiger partial charge in [0.05, 0.1) is 18.7 Å². The van der Waals surface area contributed by atoms with E-state index < -0.39 is 0 Å². The van der Waals surface area contributed by atoms with Crippen LogP contribution in [0.4, 0.5) is 0 Å². The van der Waals surface area contributed by atoms with Gasteiger partial charge in [0.2, 0.25) is 5.91 Å². The van der Waals surface area contributed by atoms with E-state index in [1.165, 1.54) is 0 Å². The summed E-state index contributed by atoms with van der Waals surface area (Å²) in [5.41, 5.74) is 0. The number of hydrogen-bond acceptors (Lipinski definition) is 4. The van der Waals surface area contributed by atoms with Gasteiger partial charge >= 0.3 is 0 Å². The second kappa shape index (κ2) is 7.85. The molecule has 0 bridgehead atoms. The lowest BCUT2D eigenvalue weighted by Gasteiger charge is -2.36. The topological polar surface area (TPSA) is 59.4 Å². The fourth-order valence-corrected chi connectivity index (χ4v) is 2.11. The van der Waals surface area contributed by atoms with Crippen LogP contribution in [0, 0.1) is 11.3 Å². The summed E-state index contributed by atoms with van der Waals surface area (Å²) in [7, 11) is 0. The van der Waals surface area contributed by atoms with E-state index in [1.54, 1.807) is 6.08 Å². The number of nitrogens with one attached hydrogen (secondary N) is 1. The third-order valence-corrected chi connectivity index (χ3v) is 3.19. The SMILES string of the molecule is C=CCNC(=O)CN1CCN(C(C#N)CC)CC1. The van der Waals surface area contributed by atoms with E-state index in [9.17, 15) is 4.79 Å². The molecule has 0 radical (unpaired) electrons. The average Bonchev–Trinajstić information content (AvgIpc) is 2.40. The quantitative estimate of drug-likeness (QED) is 0.685. The Morgan fingerprint density at radius 3 is 2.67 bits per heavy atom. The maximum atomic E-state index is 11.5. The molecule has 1 N–H and O–H groups in total. The van der Waals surface area contributed by atoms with Crippen LogP contribution in [0.1, 0.15) is 13.3 Å². The predicted octanol–water partition coefficient (Wildman–Crippen LogP) is 0.208. The van der Waals surface area contributed by atoms with Gasteiger partial charge in [0.15, 0.2) is 0 Å². The number of hydrogen-bond donors (Lipinski definition) is 1. The Balaban J connectivity index is 2.29. The third-order valence-electron chi connectivity index (χ3n) is 3.19. The fraction of sp³-hybridized carbons (Fsp3) is 0.692. The minimum absolute atomic E-state index is 0.0155. The predicted molar refractivity (Wildman–Crippen MR) is 70.9 cm³/mol. The van der Waals surface area contributed by atoms with Gasteiger partial charge in [-0.3, -0.25) is 14.6 Å². The highest BCUT2D eigenvalue weighted by Gasteiger charge is 2.23. The van der Waals surface area contributed by atoms with Crippen molar-refractivity contribution in [2.45, 2.75) is 19.4 Å². The van der Waals surface area contributed by atoms with Crippen molar-refractivity contribution in [1.29, 1.82) is 5.26 Å². The van der Waals surface area contributed by atoms with Gasteiger partial charge in [-0.1, -0.05) is 13.0 Å². The third kappa shape index (κ3) is 4.47. The van der Waals surface area contributed by atoms with Crippen LogP contribution in [0.25, 0.3) is 0 Å². The van der Waals surface area contributed by atoms with Crippen molar-refractivity contribution in [1.82, 2.24) is 15.1 Å². The Bertz CT molecular complexity index is 315. The summed E-state index contributed by atoms with van der Waals surface area (Å²) >= 11 is 0. The van der Waals surface area contributed by atoms with Crippen molar-refractivity contribution in [3.8, 4) is 6.07 Å². The smallest absolute Gasteiger partial charge is 0.234 e. The molecule has 0 saturated carbocycles. The molecule has 1 unspecified atom stereocenters. The van der Waals surface area contributed by atoms with Crippen molar-refractivity contribution in [2.24, 2.45) is 0 Å². The monoisotopic (exact) mass is 250 g/mol. The molecule has 18 heavy (non-hydrogen) atoms. The Kier molecular flexibility index (Phi) is 6.40. The Morgan fingerprint density at radius 2 is 2.17 bits per heavy atom. The van der Waals surface area contributed by atoms with Crippen molar-refractivity contribution in [3.05, 3.63) is 12.7 Å². The maximum Gasteiger partial charge on any atom is 0.234 e. The fourth-order valence-electron chi connectivity index (χ4n) is 2.11. The number of nitrogens with zero attached hydrogens (tertiary/aromatic N) is 3. The molecule has 1 rings (SSSR count). The van der Waals surface area contributed by atoms with Crippen LogP contribution < -0.4 is 5.32 Å². The molecule has 0 aliphatic carbocycles. The number of piperazine rings is 1. The molecule has 0 aromatic rings. The van der Waals surface area contributed by atoms with Gasteiger partial charge in [0, 0.05) is 32.7 Å². The molecule has 1 fully saturated rings. The molecule has 1 aliphatic heterocycles. The van der Waals surface area contributed by atoms with Gasteiger partial charge in [-0.2, -0.15) is 5.26 Å². The summed E-state index contributed by atoms with van der Waals surface area (Å²) in [6.45, 7) is 9.96. The van der Waals surface area contributed by atoms with Crippen LogP contribution in [0.5, 0.6) is 0 Å². The van der Waals surface area contributed by atoms with E-state index in [1.807, 2.05) is 6.92 Å². The minimum atomic E-state index is 0.0155. The second-order valence-electron chi connectivity index (χ2n) is 4.46. The van der Waals surface area contributed by atoms with Gasteiger partial charge in [-0.05, 0) is 6.42 Å². The zero-order valence-electron chi connectivity index (χ0n) is 11.1. The summed E-state index contributed by atoms with van der Waals surface area (Å²) in [6, 6.07) is 2.34. The molecular weight excluding hydrogens is 228 g/mol. The summed E-state index contributed by atoms with van der Waals surface area (Å²) in [4.78, 5) is 15.8. The number of amides is 1. The highest BCUT2D eigenvalue weighted by Crippen LogP contribution is 2.08. The van der Waals surface area contributed by atoms with Gasteiger partial charge in [0.25, 0.3) is 0 Å². The normalized spacial score (nSPS) is 18.9. The van der Waals surface area contributed by atoms with E-state index in [-0.39, 0.29) is 11.9 Å². The van der Waals surface area contributed by atoms with E-state index in [2.05, 4.69) is 27.8 Å². The van der Waals surface area contributed by atoms with E-state index in [0.717, 1.165) is 32.6 Å². The lowest BCUT2D eigenvalue weighted by Crippen LogP contribution is -2.52. The maximum absolute atomic E-state index is 11.5. The highest BCUT2D eigenvalue weighted by atomic mass is 16.2. The van der Waals surface area contributed by atoms with Crippen LogP contribution in [0.3, 0.4) is 0 Å². The average molecular weight is 250 g/mol. The molecule has 5 nitrogen and oxygen atoms in total. The molecule has 5 heteroatoms. The summed E-state index contributed by atoms with van der Waals surface area (Å²) in [5, 5.41) is 11.8. The first-order chi connectivity index (χ1) is 8.71. The number of nitriles is 1. The Morgan fingerprint density at radius 1 is 1.50 bits per heavy atom. The Hall–Kier alpha value is -1.38. The molecule has 1 amide bonds. The van der Waals surface area contributed by atoms with Crippen LogP contribution in [0.2, 0.25) is 0 Å². The van der Waals surface area contributed by atoms with Gasteiger partial charge in [-0.25, -0.2) is 0 Å². The highest BCUT2D eigenvalue weighted by molar-refractivity contribution is 5.78. The molecule has 1 heterocycles. The van der Waals surface area contributed by atoms with Gasteiger partial charge in [-0.15, -0.1) is 6.58 Å². The van der Waals surface area contributed by atoms with Crippen LogP contribution in [0.15, 0.2) is 12.7 Å². The zero-order chi connectivity index (χ0) is 13.4. The molecule has 1 aliphatic rings. The minimum Gasteiger partial charge on any atom is -0.352 e. The van der Waals surface area contributed by atoms with Gasteiger partial charge < -0.3 is 5.32 Å². The summed E-state index contributed by atoms with van der Waals surface area (Å²) < 4.78 is 0. The van der Waals surface area contributed by atoms with Crippen molar-refractivity contribution in [2.75, 3.05) is 39.3 Å². The van der Waals surface area contributed by atoms with E-state index in [0.29, 0.717) is 13.1 Å². The molecule has 1 atom stereocenters. The molecule has 0 aromatic carbocycles. The van der Waals surface area contributed by atoms with Crippen LogP contribution >= 0.6 is 0 Å². The molecule has 0 spiro atoms. The van der Waals surface area contributed by atoms with Gasteiger partial charge in [0.1, 0.15) is 0 Å². The van der Waals surface area contributed by atoms with Crippen LogP contribution in [-0.2, 0) is 4.79 Å². The molecular formula is C13H22N4O. The number of rotatable bonds is 6. The Labute approximate surface area is 109 Å². The lowest BCUT2D eigenvalue weighted by atomic mass is 10.2. The first-order valence-electron chi connectivity index (χ1n) is 6.44. The van der Waals surface area contributed by atoms with Crippen molar-refractivity contribution in [3.63, 3.8) is 0 Å². The van der Waals surface area contributed by atoms with Crippen molar-refractivity contribution >= 4 is 5.91 Å². The number of carbonyl (C=O) groups is 1. The molecule has 100 valence electrons. The second-order valence-corrected chi connectivity index (χ2v) is 4.46. The summed E-state index contributed by atoms with van der Waals surface area (Å²) in [6.07, 6.45) is 2.53. The largest absolute Gasteiger partial charge is 0.352 e. The van der Waals surface area contributed by atoms with Crippen molar-refractivity contribution < 1.29 is 4.79 Å². The molecule has 0 aromatic heterocycles. The van der Waals surface area contributed by atoms with E-state index >= 15 is 0 Å². The summed E-state index contributed by atoms with van der Waals surface area (Å²) in [5.74, 6) is 0.0377.